The van der Waals surface area contributed by atoms with E-state index in [4.69, 9.17) is 5.11 Å². The third-order valence-electron chi connectivity index (χ3n) is 3.82. The average molecular weight is 316 g/mol. The van der Waals surface area contributed by atoms with Gasteiger partial charge in [-0.1, -0.05) is 41.6 Å². The minimum absolute atomic E-state index is 0.240. The second-order valence-corrected chi connectivity index (χ2v) is 5.31. The Morgan fingerprint density at radius 1 is 1.00 bits per heavy atom. The number of aromatic carboxylic acids is 1. The van der Waals surface area contributed by atoms with Crippen molar-refractivity contribution < 1.29 is 9.90 Å². The van der Waals surface area contributed by atoms with Crippen molar-refractivity contribution >= 4 is 16.7 Å². The van der Waals surface area contributed by atoms with E-state index in [2.05, 4.69) is 15.3 Å². The van der Waals surface area contributed by atoms with Gasteiger partial charge in [-0.2, -0.15) is 0 Å². The van der Waals surface area contributed by atoms with Crippen LogP contribution in [0, 0.1) is 0 Å². The molecule has 2 aromatic heterocycles. The Hall–Kier alpha value is -3.54. The molecule has 0 atom stereocenters. The number of hydrogen-bond acceptors (Lipinski definition) is 4. The van der Waals surface area contributed by atoms with Gasteiger partial charge in [-0.05, 0) is 12.1 Å². The molecule has 6 heteroatoms. The van der Waals surface area contributed by atoms with Crippen LogP contribution in [0.2, 0.25) is 0 Å². The molecule has 0 fully saturated rings. The molecule has 2 aromatic carbocycles. The lowest BCUT2D eigenvalue weighted by atomic mass is 10.1. The zero-order valence-electron chi connectivity index (χ0n) is 12.5. The summed E-state index contributed by atoms with van der Waals surface area (Å²) in [5.74, 6) is -0.952. The van der Waals surface area contributed by atoms with Gasteiger partial charge < -0.3 is 5.11 Å². The van der Waals surface area contributed by atoms with Crippen LogP contribution in [0.15, 0.2) is 67.1 Å². The van der Waals surface area contributed by atoms with E-state index in [1.165, 1.54) is 0 Å². The van der Waals surface area contributed by atoms with Crippen molar-refractivity contribution in [1.82, 2.24) is 20.0 Å². The summed E-state index contributed by atoms with van der Waals surface area (Å²) in [5, 5.41) is 19.4. The molecule has 0 saturated heterocycles. The van der Waals surface area contributed by atoms with E-state index in [-0.39, 0.29) is 5.56 Å². The molecule has 4 rings (SSSR count). The van der Waals surface area contributed by atoms with Crippen LogP contribution in [0.1, 0.15) is 10.4 Å². The lowest BCUT2D eigenvalue weighted by Gasteiger charge is -2.04. The van der Waals surface area contributed by atoms with Crippen LogP contribution in [0.5, 0.6) is 0 Å². The highest BCUT2D eigenvalue weighted by molar-refractivity contribution is 5.89. The van der Waals surface area contributed by atoms with Crippen molar-refractivity contribution in [3.8, 4) is 16.9 Å². The monoisotopic (exact) mass is 316 g/mol. The molecule has 4 aromatic rings. The second-order valence-electron chi connectivity index (χ2n) is 5.31. The van der Waals surface area contributed by atoms with Crippen molar-refractivity contribution in [2.24, 2.45) is 0 Å². The summed E-state index contributed by atoms with van der Waals surface area (Å²) in [5.41, 5.74) is 2.55. The molecule has 0 spiro atoms. The molecule has 0 bridgehead atoms. The van der Waals surface area contributed by atoms with Gasteiger partial charge >= 0.3 is 5.97 Å². The van der Waals surface area contributed by atoms with Crippen molar-refractivity contribution in [3.05, 3.63) is 72.7 Å². The van der Waals surface area contributed by atoms with Crippen molar-refractivity contribution in [2.45, 2.75) is 0 Å². The van der Waals surface area contributed by atoms with Gasteiger partial charge in [-0.3, -0.25) is 4.98 Å². The van der Waals surface area contributed by atoms with Gasteiger partial charge in [-0.15, -0.1) is 5.10 Å². The Kier molecular flexibility index (Phi) is 3.28. The number of rotatable bonds is 3. The van der Waals surface area contributed by atoms with Crippen LogP contribution in [0.4, 0.5) is 0 Å². The summed E-state index contributed by atoms with van der Waals surface area (Å²) < 4.78 is 1.68. The quantitative estimate of drug-likeness (QED) is 0.628. The summed E-state index contributed by atoms with van der Waals surface area (Å²) in [4.78, 5) is 15.2. The summed E-state index contributed by atoms with van der Waals surface area (Å²) in [6.07, 6.45) is 5.36. The second kappa shape index (κ2) is 5.58. The number of aromatic nitrogens is 4. The number of hydrogen-bond donors (Lipinski definition) is 1. The largest absolute Gasteiger partial charge is 0.478 e. The Labute approximate surface area is 137 Å². The first kappa shape index (κ1) is 14.1. The van der Waals surface area contributed by atoms with E-state index in [1.807, 2.05) is 24.3 Å². The van der Waals surface area contributed by atoms with E-state index in [0.29, 0.717) is 5.69 Å². The predicted molar refractivity (Wildman–Crippen MR) is 89.1 cm³/mol. The Morgan fingerprint density at radius 2 is 1.79 bits per heavy atom. The summed E-state index contributed by atoms with van der Waals surface area (Å²) in [6, 6.07) is 14.5. The number of carboxylic acid groups (broad SMARTS) is 1. The van der Waals surface area contributed by atoms with E-state index >= 15 is 0 Å². The van der Waals surface area contributed by atoms with Crippen LogP contribution in [0.25, 0.3) is 27.7 Å². The van der Waals surface area contributed by atoms with Gasteiger partial charge in [0.15, 0.2) is 0 Å². The van der Waals surface area contributed by atoms with Crippen molar-refractivity contribution in [3.63, 3.8) is 0 Å². The molecule has 0 aliphatic heterocycles. The topological polar surface area (TPSA) is 80.9 Å². The Bertz CT molecular complexity index is 1030. The zero-order valence-corrected chi connectivity index (χ0v) is 12.5. The number of benzene rings is 2. The molecule has 2 heterocycles. The summed E-state index contributed by atoms with van der Waals surface area (Å²) in [6.45, 7) is 0. The van der Waals surface area contributed by atoms with Crippen LogP contribution >= 0.6 is 0 Å². The summed E-state index contributed by atoms with van der Waals surface area (Å²) >= 11 is 0. The first-order chi connectivity index (χ1) is 11.7. The Morgan fingerprint density at radius 3 is 2.58 bits per heavy atom. The van der Waals surface area contributed by atoms with E-state index in [1.54, 1.807) is 47.5 Å². The zero-order chi connectivity index (χ0) is 16.5. The smallest absolute Gasteiger partial charge is 0.335 e. The van der Waals surface area contributed by atoms with Gasteiger partial charge in [0.05, 0.1) is 23.6 Å². The van der Waals surface area contributed by atoms with Gasteiger partial charge in [0.1, 0.15) is 5.69 Å². The molecule has 0 aliphatic rings. The normalized spacial score (nSPS) is 10.8. The molecular formula is C18H12N4O2. The van der Waals surface area contributed by atoms with E-state index in [0.717, 1.165) is 22.0 Å². The number of carboxylic acids is 1. The fraction of sp³-hybridized carbons (Fsp3) is 0. The Balaban J connectivity index is 1.75. The van der Waals surface area contributed by atoms with Crippen LogP contribution < -0.4 is 0 Å². The fourth-order valence-electron chi connectivity index (χ4n) is 2.58. The maximum absolute atomic E-state index is 10.9. The van der Waals surface area contributed by atoms with Gasteiger partial charge in [0.25, 0.3) is 0 Å². The fourth-order valence-corrected chi connectivity index (χ4v) is 2.58. The molecule has 0 saturated carbocycles. The standard InChI is InChI=1S/C18H12N4O2/c23-18(24)13-7-5-12(6-8-13)16-11-22(21-20-16)17-10-19-9-14-3-1-2-4-15(14)17/h1-11H,(H,23,24). The highest BCUT2D eigenvalue weighted by Gasteiger charge is 2.09. The molecule has 0 amide bonds. The van der Waals surface area contributed by atoms with Gasteiger partial charge in [0, 0.05) is 22.5 Å². The molecule has 0 radical (unpaired) electrons. The highest BCUT2D eigenvalue weighted by atomic mass is 16.4. The first-order valence-corrected chi connectivity index (χ1v) is 7.31. The minimum atomic E-state index is -0.952. The maximum Gasteiger partial charge on any atom is 0.335 e. The first-order valence-electron chi connectivity index (χ1n) is 7.31. The molecule has 0 aliphatic carbocycles. The minimum Gasteiger partial charge on any atom is -0.478 e. The molecule has 1 N–H and O–H groups in total. The number of pyridine rings is 1. The van der Waals surface area contributed by atoms with E-state index < -0.39 is 5.97 Å². The SMILES string of the molecule is O=C(O)c1ccc(-c2cn(-c3cncc4ccccc34)nn2)cc1. The van der Waals surface area contributed by atoms with Crippen LogP contribution in [-0.4, -0.2) is 31.1 Å². The van der Waals surface area contributed by atoms with E-state index in [9.17, 15) is 4.79 Å². The summed E-state index contributed by atoms with van der Waals surface area (Å²) in [7, 11) is 0. The number of carbonyl (C=O) groups is 1. The maximum atomic E-state index is 10.9. The molecular weight excluding hydrogens is 304 g/mol. The average Bonchev–Trinajstić information content (AvgIpc) is 3.11. The molecule has 6 nitrogen and oxygen atoms in total. The molecule has 116 valence electrons. The van der Waals surface area contributed by atoms with Crippen molar-refractivity contribution in [2.75, 3.05) is 0 Å². The lowest BCUT2D eigenvalue weighted by molar-refractivity contribution is 0.0697. The number of nitrogens with zero attached hydrogens (tertiary/aromatic N) is 4. The van der Waals surface area contributed by atoms with Gasteiger partial charge in [-0.25, -0.2) is 9.48 Å². The van der Waals surface area contributed by atoms with Gasteiger partial charge in [0.2, 0.25) is 0 Å². The lowest BCUT2D eigenvalue weighted by Crippen LogP contribution is -1.97. The molecule has 0 unspecified atom stereocenters. The third-order valence-corrected chi connectivity index (χ3v) is 3.82. The predicted octanol–water partition coefficient (Wildman–Crippen LogP) is 3.18. The highest BCUT2D eigenvalue weighted by Crippen LogP contribution is 2.22. The number of fused-ring (bicyclic) bond motifs is 1. The third kappa shape index (κ3) is 2.40. The van der Waals surface area contributed by atoms with Crippen molar-refractivity contribution in [1.29, 1.82) is 0 Å². The van der Waals surface area contributed by atoms with Crippen LogP contribution in [0.3, 0.4) is 0 Å². The van der Waals surface area contributed by atoms with Crippen LogP contribution in [-0.2, 0) is 0 Å². The molecule has 24 heavy (non-hydrogen) atoms.